The second-order valence-corrected chi connectivity index (χ2v) is 4.22. The Morgan fingerprint density at radius 1 is 1.55 bits per heavy atom. The van der Waals surface area contributed by atoms with Crippen molar-refractivity contribution in [1.29, 1.82) is 0 Å². The van der Waals surface area contributed by atoms with E-state index in [0.29, 0.717) is 10.8 Å². The number of aliphatic hydroxyl groups is 2. The van der Waals surface area contributed by atoms with E-state index in [9.17, 15) is 24.2 Å². The predicted molar refractivity (Wildman–Crippen MR) is 60.3 cm³/mol. The van der Waals surface area contributed by atoms with Crippen LogP contribution in [0.1, 0.15) is 13.2 Å². The van der Waals surface area contributed by atoms with Crippen LogP contribution in [0.15, 0.2) is 11.0 Å². The number of amides is 1. The molecule has 0 aliphatic carbocycles. The van der Waals surface area contributed by atoms with Gasteiger partial charge >= 0.3 is 11.8 Å². The van der Waals surface area contributed by atoms with Crippen LogP contribution >= 0.6 is 0 Å². The van der Waals surface area contributed by atoms with Gasteiger partial charge in [0, 0.05) is 0 Å². The van der Waals surface area contributed by atoms with Crippen molar-refractivity contribution in [3.63, 3.8) is 0 Å². The third-order valence-electron chi connectivity index (χ3n) is 2.82. The predicted octanol–water partition coefficient (Wildman–Crippen LogP) is -1.52. The van der Waals surface area contributed by atoms with Gasteiger partial charge in [0.25, 0.3) is 5.88 Å². The number of rotatable bonds is 2. The molecule has 9 nitrogen and oxygen atoms in total. The molecule has 4 atom stereocenters. The van der Waals surface area contributed by atoms with Crippen molar-refractivity contribution >= 4 is 6.09 Å². The molecule has 0 unspecified atom stereocenters. The monoisotopic (exact) mass is 289 g/mol. The topological polar surface area (TPSA) is 137 Å². The fraction of sp³-hybridized carbons (Fsp3) is 0.500. The molecule has 1 aromatic heterocycles. The summed E-state index contributed by atoms with van der Waals surface area (Å²) in [4.78, 5) is 25.4. The normalized spacial score (nSPS) is 29.4. The lowest BCUT2D eigenvalue weighted by Crippen LogP contribution is -2.36. The molecular weight excluding hydrogens is 277 g/mol. The van der Waals surface area contributed by atoms with Crippen molar-refractivity contribution in [2.24, 2.45) is 5.73 Å². The van der Waals surface area contributed by atoms with E-state index in [0.717, 1.165) is 0 Å². The number of ether oxygens (including phenoxy) is 2. The minimum absolute atomic E-state index is 0.645. The molecule has 2 rings (SSSR count). The Morgan fingerprint density at radius 2 is 2.20 bits per heavy atom. The van der Waals surface area contributed by atoms with E-state index >= 15 is 0 Å². The maximum absolute atomic E-state index is 13.6. The number of aromatic nitrogens is 2. The summed E-state index contributed by atoms with van der Waals surface area (Å²) >= 11 is 0. The molecule has 1 amide bonds. The highest BCUT2D eigenvalue weighted by Crippen LogP contribution is 2.28. The summed E-state index contributed by atoms with van der Waals surface area (Å²) in [5, 5.41) is 19.3. The molecule has 20 heavy (non-hydrogen) atoms. The lowest BCUT2D eigenvalue weighted by Gasteiger charge is -2.17. The first-order valence-electron chi connectivity index (χ1n) is 5.59. The second kappa shape index (κ2) is 5.15. The molecule has 0 bridgehead atoms. The van der Waals surface area contributed by atoms with Gasteiger partial charge in [-0.15, -0.1) is 0 Å². The quantitative estimate of drug-likeness (QED) is 0.601. The van der Waals surface area contributed by atoms with Gasteiger partial charge < -0.3 is 25.4 Å². The van der Waals surface area contributed by atoms with E-state index in [2.05, 4.69) is 15.5 Å². The zero-order chi connectivity index (χ0) is 15.0. The van der Waals surface area contributed by atoms with Gasteiger partial charge in [-0.3, -0.25) is 4.57 Å². The fourth-order valence-corrected chi connectivity index (χ4v) is 1.84. The molecule has 2 heterocycles. The number of aliphatic hydroxyl groups excluding tert-OH is 2. The number of halogens is 1. The lowest BCUT2D eigenvalue weighted by atomic mass is 10.1. The van der Waals surface area contributed by atoms with Gasteiger partial charge in [-0.2, -0.15) is 9.37 Å². The van der Waals surface area contributed by atoms with Crippen LogP contribution < -0.4 is 16.2 Å². The smallest absolute Gasteiger partial charge is 0.388 e. The van der Waals surface area contributed by atoms with Crippen LogP contribution in [0.4, 0.5) is 9.18 Å². The Hall–Kier alpha value is -2.04. The Balaban J connectivity index is 2.37. The standard InChI is InChI=1S/C10H12FN3O6/c1-3-5(15)6(16)8(19-3)14-2-4(11)7(13-10(14)18)20-9(12)17/h2-3,5-6,8,15-16H,1H3,(H2,12,17)/t3-,5-,6-,8-/m1/s1. The first-order chi connectivity index (χ1) is 9.31. The van der Waals surface area contributed by atoms with Crippen LogP contribution in [0.25, 0.3) is 0 Å². The SMILES string of the molecule is C[C@H]1O[C@@H](n2cc(F)c(OC(N)=O)nc2=O)[C@H](O)[C@@H]1O. The minimum Gasteiger partial charge on any atom is -0.388 e. The highest BCUT2D eigenvalue weighted by atomic mass is 19.1. The maximum atomic E-state index is 13.6. The van der Waals surface area contributed by atoms with Crippen LogP contribution in [-0.4, -0.2) is 44.2 Å². The van der Waals surface area contributed by atoms with Gasteiger partial charge in [0.05, 0.1) is 12.3 Å². The molecular formula is C10H12FN3O6. The molecule has 1 saturated heterocycles. The number of nitrogens with zero attached hydrogens (tertiary/aromatic N) is 2. The van der Waals surface area contributed by atoms with Crippen molar-refractivity contribution in [3.8, 4) is 5.88 Å². The van der Waals surface area contributed by atoms with Crippen molar-refractivity contribution in [2.45, 2.75) is 31.5 Å². The van der Waals surface area contributed by atoms with Gasteiger partial charge in [-0.25, -0.2) is 9.59 Å². The largest absolute Gasteiger partial charge is 0.411 e. The Kier molecular flexibility index (Phi) is 3.70. The Bertz CT molecular complexity index is 591. The van der Waals surface area contributed by atoms with Crippen molar-refractivity contribution in [3.05, 3.63) is 22.5 Å². The number of hydrogen-bond donors (Lipinski definition) is 3. The highest BCUT2D eigenvalue weighted by molar-refractivity contribution is 5.67. The molecule has 1 fully saturated rings. The molecule has 1 aliphatic rings. The van der Waals surface area contributed by atoms with Crippen molar-refractivity contribution in [1.82, 2.24) is 9.55 Å². The zero-order valence-corrected chi connectivity index (χ0v) is 10.3. The third-order valence-corrected chi connectivity index (χ3v) is 2.82. The fourth-order valence-electron chi connectivity index (χ4n) is 1.84. The molecule has 0 spiro atoms. The molecule has 10 heteroatoms. The highest BCUT2D eigenvalue weighted by Gasteiger charge is 2.42. The summed E-state index contributed by atoms with van der Waals surface area (Å²) < 4.78 is 23.6. The molecule has 1 aliphatic heterocycles. The maximum Gasteiger partial charge on any atom is 0.411 e. The van der Waals surface area contributed by atoms with Crippen LogP contribution in [0.2, 0.25) is 0 Å². The summed E-state index contributed by atoms with van der Waals surface area (Å²) in [6, 6.07) is 0. The van der Waals surface area contributed by atoms with Crippen molar-refractivity contribution < 1.29 is 28.9 Å². The van der Waals surface area contributed by atoms with Gasteiger partial charge in [-0.1, -0.05) is 0 Å². The molecule has 1 aromatic rings. The number of carbonyl (C=O) groups excluding carboxylic acids is 1. The van der Waals surface area contributed by atoms with E-state index in [1.807, 2.05) is 0 Å². The van der Waals surface area contributed by atoms with Crippen LogP contribution in [0.5, 0.6) is 5.88 Å². The van der Waals surface area contributed by atoms with E-state index in [4.69, 9.17) is 4.74 Å². The summed E-state index contributed by atoms with van der Waals surface area (Å²) in [5.41, 5.74) is 3.65. The van der Waals surface area contributed by atoms with Crippen LogP contribution in [0.3, 0.4) is 0 Å². The van der Waals surface area contributed by atoms with Crippen LogP contribution in [0, 0.1) is 5.82 Å². The molecule has 110 valence electrons. The van der Waals surface area contributed by atoms with Crippen LogP contribution in [-0.2, 0) is 4.74 Å². The van der Waals surface area contributed by atoms with Gasteiger partial charge in [0.15, 0.2) is 6.23 Å². The minimum atomic E-state index is -1.42. The summed E-state index contributed by atoms with van der Waals surface area (Å²) in [6.45, 7) is 1.48. The van der Waals surface area contributed by atoms with E-state index < -0.39 is 48.0 Å². The zero-order valence-electron chi connectivity index (χ0n) is 10.3. The number of primary amides is 1. The molecule has 0 aromatic carbocycles. The van der Waals surface area contributed by atoms with Crippen molar-refractivity contribution in [2.75, 3.05) is 0 Å². The third kappa shape index (κ3) is 2.48. The van der Waals surface area contributed by atoms with E-state index in [1.54, 1.807) is 0 Å². The first-order valence-corrected chi connectivity index (χ1v) is 5.59. The van der Waals surface area contributed by atoms with Gasteiger partial charge in [0.2, 0.25) is 5.82 Å². The Morgan fingerprint density at radius 3 is 2.70 bits per heavy atom. The number of hydrogen-bond acceptors (Lipinski definition) is 7. The molecule has 0 saturated carbocycles. The first kappa shape index (κ1) is 14.4. The van der Waals surface area contributed by atoms with Gasteiger partial charge in [0.1, 0.15) is 12.2 Å². The second-order valence-electron chi connectivity index (χ2n) is 4.22. The summed E-state index contributed by atoms with van der Waals surface area (Å²) in [7, 11) is 0. The van der Waals surface area contributed by atoms with Gasteiger partial charge in [-0.05, 0) is 6.92 Å². The van der Waals surface area contributed by atoms with E-state index in [-0.39, 0.29) is 0 Å². The average molecular weight is 289 g/mol. The molecule has 4 N–H and O–H groups in total. The lowest BCUT2D eigenvalue weighted by molar-refractivity contribution is -0.0357. The summed E-state index contributed by atoms with van der Waals surface area (Å²) in [5.74, 6) is -2.02. The average Bonchev–Trinajstić information content (AvgIpc) is 2.61. The number of nitrogens with two attached hydrogens (primary N) is 1. The number of carbonyl (C=O) groups is 1. The van der Waals surface area contributed by atoms with E-state index in [1.165, 1.54) is 6.92 Å². The summed E-state index contributed by atoms with van der Waals surface area (Å²) in [6.07, 6.45) is -5.37. The Labute approximate surface area is 111 Å². The molecule has 0 radical (unpaired) electrons.